The summed E-state index contributed by atoms with van der Waals surface area (Å²) in [5.41, 5.74) is 1.84. The maximum absolute atomic E-state index is 5.55. The van der Waals surface area contributed by atoms with Gasteiger partial charge in [0, 0.05) is 0 Å². The summed E-state index contributed by atoms with van der Waals surface area (Å²) < 4.78 is 5.55. The third-order valence-corrected chi connectivity index (χ3v) is 3.93. The highest BCUT2D eigenvalue weighted by Gasteiger charge is 2.34. The molecule has 2 aliphatic carbocycles. The van der Waals surface area contributed by atoms with E-state index in [0.29, 0.717) is 12.0 Å². The Morgan fingerprint density at radius 2 is 2.00 bits per heavy atom. The smallest absolute Gasteiger partial charge is 0.115 e. The third-order valence-electron chi connectivity index (χ3n) is 3.93. The molecule has 0 aromatic rings. The Morgan fingerprint density at radius 1 is 1.31 bits per heavy atom. The van der Waals surface area contributed by atoms with Crippen LogP contribution in [0.1, 0.15) is 44.9 Å². The third kappa shape index (κ3) is 2.40. The number of allylic oxidation sites excluding steroid dienone is 2. The summed E-state index contributed by atoms with van der Waals surface area (Å²) >= 11 is 0. The van der Waals surface area contributed by atoms with E-state index in [-0.39, 0.29) is 0 Å². The van der Waals surface area contributed by atoms with Gasteiger partial charge in [0.1, 0.15) is 12.4 Å². The zero-order valence-electron chi connectivity index (χ0n) is 10.1. The molecule has 0 aromatic heterocycles. The molecule has 0 radical (unpaired) electrons. The van der Waals surface area contributed by atoms with Gasteiger partial charge in [0.05, 0.1) is 0 Å². The van der Waals surface area contributed by atoms with E-state index in [1.165, 1.54) is 44.1 Å². The maximum atomic E-state index is 5.55. The zero-order valence-corrected chi connectivity index (χ0v) is 10.1. The van der Waals surface area contributed by atoms with Crippen molar-refractivity contribution in [1.29, 1.82) is 0 Å². The topological polar surface area (TPSA) is 9.23 Å². The van der Waals surface area contributed by atoms with Gasteiger partial charge in [0.15, 0.2) is 0 Å². The molecule has 1 fully saturated rings. The number of rotatable bonds is 4. The van der Waals surface area contributed by atoms with E-state index in [1.54, 1.807) is 6.08 Å². The lowest BCUT2D eigenvalue weighted by Crippen LogP contribution is -2.18. The molecule has 0 aliphatic heterocycles. The second kappa shape index (κ2) is 4.90. The van der Waals surface area contributed by atoms with Crippen LogP contribution in [0.3, 0.4) is 0 Å². The van der Waals surface area contributed by atoms with E-state index in [2.05, 4.69) is 19.2 Å². The fourth-order valence-electron chi connectivity index (χ4n) is 3.09. The van der Waals surface area contributed by atoms with Gasteiger partial charge >= 0.3 is 0 Å². The van der Waals surface area contributed by atoms with Crippen molar-refractivity contribution in [2.24, 2.45) is 5.41 Å². The first kappa shape index (κ1) is 11.5. The fourth-order valence-corrected chi connectivity index (χ4v) is 3.09. The first-order valence-corrected chi connectivity index (χ1v) is 6.40. The van der Waals surface area contributed by atoms with Gasteiger partial charge in [-0.25, -0.2) is 0 Å². The van der Waals surface area contributed by atoms with Crippen molar-refractivity contribution in [2.75, 3.05) is 6.61 Å². The minimum Gasteiger partial charge on any atom is -0.490 e. The van der Waals surface area contributed by atoms with Crippen molar-refractivity contribution in [3.8, 4) is 0 Å². The Morgan fingerprint density at radius 3 is 2.69 bits per heavy atom. The van der Waals surface area contributed by atoms with Crippen LogP contribution in [-0.4, -0.2) is 6.61 Å². The van der Waals surface area contributed by atoms with Gasteiger partial charge in [0.2, 0.25) is 0 Å². The van der Waals surface area contributed by atoms with E-state index >= 15 is 0 Å². The average Bonchev–Trinajstić information content (AvgIpc) is 2.74. The van der Waals surface area contributed by atoms with E-state index in [9.17, 15) is 0 Å². The monoisotopic (exact) mass is 218 g/mol. The zero-order chi connectivity index (χ0) is 11.4. The van der Waals surface area contributed by atoms with Crippen LogP contribution < -0.4 is 0 Å². The molecule has 0 heterocycles. The molecule has 0 bridgehead atoms. The van der Waals surface area contributed by atoms with Crippen LogP contribution in [0.15, 0.2) is 36.6 Å². The highest BCUT2D eigenvalue weighted by atomic mass is 16.5. The molecule has 1 saturated carbocycles. The van der Waals surface area contributed by atoms with Gasteiger partial charge in [-0.2, -0.15) is 0 Å². The lowest BCUT2D eigenvalue weighted by Gasteiger charge is -2.31. The van der Waals surface area contributed by atoms with Crippen molar-refractivity contribution in [3.63, 3.8) is 0 Å². The molecule has 0 atom stereocenters. The van der Waals surface area contributed by atoms with Crippen molar-refractivity contribution in [1.82, 2.24) is 0 Å². The van der Waals surface area contributed by atoms with Crippen LogP contribution in [0.5, 0.6) is 0 Å². The normalized spacial score (nSPS) is 22.9. The molecule has 0 N–H and O–H groups in total. The highest BCUT2D eigenvalue weighted by Crippen LogP contribution is 2.48. The summed E-state index contributed by atoms with van der Waals surface area (Å²) in [4.78, 5) is 0. The minimum atomic E-state index is 0.494. The second-order valence-corrected chi connectivity index (χ2v) is 5.12. The lowest BCUT2D eigenvalue weighted by atomic mass is 9.75. The molecule has 0 saturated heterocycles. The Hall–Kier alpha value is -0.980. The number of ether oxygens (including phenoxy) is 1. The van der Waals surface area contributed by atoms with Crippen LogP contribution in [0.25, 0.3) is 0 Å². The SMILES string of the molecule is C=CCOC(=C)C1=CC2(CCCC2)CCC1. The molecular formula is C15H22O. The predicted octanol–water partition coefficient (Wildman–Crippen LogP) is 4.37. The van der Waals surface area contributed by atoms with Gasteiger partial charge < -0.3 is 4.74 Å². The fraction of sp³-hybridized carbons (Fsp3) is 0.600. The highest BCUT2D eigenvalue weighted by molar-refractivity contribution is 5.28. The molecule has 0 amide bonds. The van der Waals surface area contributed by atoms with Gasteiger partial charge in [-0.05, 0) is 43.1 Å². The molecule has 0 unspecified atom stereocenters. The first-order chi connectivity index (χ1) is 7.76. The number of hydrogen-bond acceptors (Lipinski definition) is 1. The maximum Gasteiger partial charge on any atom is 0.115 e. The van der Waals surface area contributed by atoms with E-state index in [1.807, 2.05) is 0 Å². The first-order valence-electron chi connectivity index (χ1n) is 6.40. The van der Waals surface area contributed by atoms with Crippen molar-refractivity contribution >= 4 is 0 Å². The lowest BCUT2D eigenvalue weighted by molar-refractivity contribution is 0.247. The molecule has 0 aromatic carbocycles. The average molecular weight is 218 g/mol. The van der Waals surface area contributed by atoms with Crippen LogP contribution in [0, 0.1) is 5.41 Å². The van der Waals surface area contributed by atoms with Crippen molar-refractivity contribution in [3.05, 3.63) is 36.6 Å². The summed E-state index contributed by atoms with van der Waals surface area (Å²) in [5, 5.41) is 0. The van der Waals surface area contributed by atoms with Crippen LogP contribution >= 0.6 is 0 Å². The van der Waals surface area contributed by atoms with Gasteiger partial charge in [-0.15, -0.1) is 0 Å². The van der Waals surface area contributed by atoms with E-state index < -0.39 is 0 Å². The van der Waals surface area contributed by atoms with E-state index in [0.717, 1.165) is 12.2 Å². The molecule has 2 aliphatic rings. The molecule has 16 heavy (non-hydrogen) atoms. The molecule has 1 nitrogen and oxygen atoms in total. The second-order valence-electron chi connectivity index (χ2n) is 5.12. The molecule has 88 valence electrons. The summed E-state index contributed by atoms with van der Waals surface area (Å²) in [6.45, 7) is 8.27. The molecule has 1 heteroatoms. The Balaban J connectivity index is 2.05. The summed E-state index contributed by atoms with van der Waals surface area (Å²) in [5.74, 6) is 0.867. The van der Waals surface area contributed by atoms with Gasteiger partial charge in [0.25, 0.3) is 0 Å². The standard InChI is InChI=1S/C15H22O/c1-3-11-16-13(2)14-7-6-10-15(12-14)8-4-5-9-15/h3,12H,1-2,4-11H2. The van der Waals surface area contributed by atoms with Crippen LogP contribution in [0.4, 0.5) is 0 Å². The predicted molar refractivity (Wildman–Crippen MR) is 68.1 cm³/mol. The minimum absolute atomic E-state index is 0.494. The van der Waals surface area contributed by atoms with Gasteiger partial charge in [-0.3, -0.25) is 0 Å². The largest absolute Gasteiger partial charge is 0.490 e. The van der Waals surface area contributed by atoms with Crippen molar-refractivity contribution in [2.45, 2.75) is 44.9 Å². The Kier molecular flexibility index (Phi) is 3.52. The summed E-state index contributed by atoms with van der Waals surface area (Å²) in [7, 11) is 0. The van der Waals surface area contributed by atoms with Gasteiger partial charge in [-0.1, -0.05) is 38.2 Å². The quantitative estimate of drug-likeness (QED) is 0.503. The van der Waals surface area contributed by atoms with Crippen molar-refractivity contribution < 1.29 is 4.74 Å². The van der Waals surface area contributed by atoms with E-state index in [4.69, 9.17) is 4.74 Å². The summed E-state index contributed by atoms with van der Waals surface area (Å²) in [6, 6.07) is 0. The van der Waals surface area contributed by atoms with Crippen LogP contribution in [0.2, 0.25) is 0 Å². The van der Waals surface area contributed by atoms with Crippen LogP contribution in [-0.2, 0) is 4.74 Å². The molecule has 2 rings (SSSR count). The molecular weight excluding hydrogens is 196 g/mol. The molecule has 1 spiro atoms. The number of hydrogen-bond donors (Lipinski definition) is 0. The Bertz CT molecular complexity index is 305. The Labute approximate surface area is 98.9 Å². The summed E-state index contributed by atoms with van der Waals surface area (Å²) in [6.07, 6.45) is 13.6.